The van der Waals surface area contributed by atoms with Crippen LogP contribution in [0.15, 0.2) is 29.3 Å². The number of hydrogen-bond acceptors (Lipinski definition) is 5. The Hall–Kier alpha value is -0.934. The van der Waals surface area contributed by atoms with Gasteiger partial charge in [-0.3, -0.25) is 19.5 Å². The molecule has 84 valence electrons. The first-order chi connectivity index (χ1) is 9.09. The van der Waals surface area contributed by atoms with E-state index in [0.717, 1.165) is 0 Å². The van der Waals surface area contributed by atoms with Crippen LogP contribution >= 0.6 is 0 Å². The molecule has 0 aliphatic carbocycles. The molecule has 3 heterocycles. The Balaban J connectivity index is 0.00000147. The van der Waals surface area contributed by atoms with Crippen LogP contribution in [0.1, 0.15) is 8.30 Å². The van der Waals surface area contributed by atoms with Crippen molar-refractivity contribution in [3.63, 3.8) is 0 Å². The molecule has 0 saturated carbocycles. The van der Waals surface area contributed by atoms with Crippen molar-refractivity contribution in [2.24, 2.45) is 0 Å². The first-order valence-electron chi connectivity index (χ1n) is 5.78. The van der Waals surface area contributed by atoms with Gasteiger partial charge in [-0.05, 0) is 18.6 Å². The van der Waals surface area contributed by atoms with Crippen LogP contribution in [-0.4, -0.2) is 24.9 Å². The molecule has 3 rings (SSSR count). The van der Waals surface area contributed by atoms with E-state index in [-0.39, 0.29) is 80.6 Å². The van der Waals surface area contributed by atoms with Gasteiger partial charge in [-0.25, -0.2) is 4.98 Å². The zero-order valence-corrected chi connectivity index (χ0v) is 12.9. The Bertz CT molecular complexity index is 832. The fraction of sp³-hybridized carbons (Fsp3) is 0.100. The van der Waals surface area contributed by atoms with Crippen molar-refractivity contribution in [1.82, 2.24) is 30.0 Å². The average molecular weight is 268 g/mol. The van der Waals surface area contributed by atoms with Crippen molar-refractivity contribution >= 4 is 5.65 Å². The van der Waals surface area contributed by atoms with Crippen LogP contribution in [-0.2, 0) is 0 Å². The number of hydrogen-bond donors (Lipinski definition) is 0. The van der Waals surface area contributed by atoms with Gasteiger partial charge in [0, 0.05) is 18.2 Å². The summed E-state index contributed by atoms with van der Waals surface area (Å²) in [4.78, 5) is 16.3. The number of rotatable bonds is 1. The molecule has 0 atom stereocenters. The molecule has 3 aromatic rings. The van der Waals surface area contributed by atoms with E-state index >= 15 is 0 Å². The van der Waals surface area contributed by atoms with Crippen molar-refractivity contribution in [2.45, 2.75) is 6.92 Å². The Morgan fingerprint density at radius 1 is 1.50 bits per heavy atom. The molecular formula is C10H7KN6O. The van der Waals surface area contributed by atoms with Gasteiger partial charge in [0.25, 0.3) is 5.56 Å². The molecule has 0 amide bonds. The van der Waals surface area contributed by atoms with E-state index in [4.69, 9.17) is 2.74 Å². The second kappa shape index (κ2) is 5.37. The minimum Gasteiger partial charge on any atom is -0.330 e. The van der Waals surface area contributed by atoms with Crippen molar-refractivity contribution < 1.29 is 54.1 Å². The first kappa shape index (κ1) is 10.9. The van der Waals surface area contributed by atoms with Crippen LogP contribution in [0.25, 0.3) is 17.0 Å². The van der Waals surface area contributed by atoms with Gasteiger partial charge in [0.1, 0.15) is 5.65 Å². The predicted molar refractivity (Wildman–Crippen MR) is 58.3 cm³/mol. The van der Waals surface area contributed by atoms with Crippen molar-refractivity contribution in [3.05, 3.63) is 40.4 Å². The zero-order chi connectivity index (χ0) is 13.6. The molecule has 0 aliphatic rings. The second-order valence-corrected chi connectivity index (χ2v) is 3.38. The smallest absolute Gasteiger partial charge is 0.330 e. The maximum Gasteiger partial charge on any atom is 1.00 e. The summed E-state index contributed by atoms with van der Waals surface area (Å²) in [5.74, 6) is -0.0236. The first-order valence-corrected chi connectivity index (χ1v) is 4.78. The molecule has 0 aliphatic heterocycles. The fourth-order valence-electron chi connectivity index (χ4n) is 1.52. The number of nitrogens with zero attached hydrogens (tertiary/aromatic N) is 6. The Labute approximate surface area is 147 Å². The molecule has 0 aromatic carbocycles. The summed E-state index contributed by atoms with van der Waals surface area (Å²) >= 11 is 0. The number of aryl methyl sites for hydroxylation is 1. The van der Waals surface area contributed by atoms with Gasteiger partial charge in [-0.1, -0.05) is 6.04 Å². The Morgan fingerprint density at radius 3 is 3.06 bits per heavy atom. The maximum atomic E-state index is 12.3. The number of aromatic nitrogens is 6. The second-order valence-electron chi connectivity index (χ2n) is 3.38. The summed E-state index contributed by atoms with van der Waals surface area (Å²) in [5.41, 5.74) is 0.269. The molecule has 0 N–H and O–H groups in total. The zero-order valence-electron chi connectivity index (χ0n) is 11.7. The van der Waals surface area contributed by atoms with E-state index in [1.54, 1.807) is 6.92 Å². The third-order valence-electron chi connectivity index (χ3n) is 2.34. The maximum absolute atomic E-state index is 12.3. The van der Waals surface area contributed by atoms with Crippen LogP contribution in [0.4, 0.5) is 0 Å². The van der Waals surface area contributed by atoms with Crippen LogP contribution in [0.3, 0.4) is 0 Å². The SMILES string of the molecule is [2H]c1ccn2c(=O)c(-c3nnn[n-]3)c([2H])nc2c1C.[K+]. The van der Waals surface area contributed by atoms with Crippen molar-refractivity contribution in [2.75, 3.05) is 0 Å². The van der Waals surface area contributed by atoms with Crippen LogP contribution in [0.5, 0.6) is 0 Å². The molecule has 7 nitrogen and oxygen atoms in total. The molecular weight excluding hydrogens is 259 g/mol. The monoisotopic (exact) mass is 268 g/mol. The summed E-state index contributed by atoms with van der Waals surface area (Å²) in [6.07, 6.45) is 1.18. The summed E-state index contributed by atoms with van der Waals surface area (Å²) in [7, 11) is 0. The van der Waals surface area contributed by atoms with E-state index in [0.29, 0.717) is 5.56 Å². The van der Waals surface area contributed by atoms with Gasteiger partial charge < -0.3 is 5.10 Å². The third kappa shape index (κ3) is 2.17. The molecule has 8 heteroatoms. The molecule has 0 fully saturated rings. The van der Waals surface area contributed by atoms with Crippen molar-refractivity contribution in [1.29, 1.82) is 0 Å². The Kier molecular flexibility index (Phi) is 3.26. The third-order valence-corrected chi connectivity index (χ3v) is 2.34. The van der Waals surface area contributed by atoms with E-state index in [2.05, 4.69) is 25.6 Å². The molecule has 0 radical (unpaired) electrons. The predicted octanol–water partition coefficient (Wildman–Crippen LogP) is -3.18. The number of tetrazole rings is 1. The number of fused-ring (bicyclic) bond motifs is 1. The van der Waals surface area contributed by atoms with Crippen molar-refractivity contribution in [3.8, 4) is 11.4 Å². The average Bonchev–Trinajstić information content (AvgIpc) is 2.88. The normalized spacial score (nSPS) is 11.8. The van der Waals surface area contributed by atoms with Gasteiger partial charge >= 0.3 is 51.4 Å². The Morgan fingerprint density at radius 2 is 2.33 bits per heavy atom. The summed E-state index contributed by atoms with van der Waals surface area (Å²) in [5, 5.41) is 13.7. The van der Waals surface area contributed by atoms with Gasteiger partial charge in [0.15, 0.2) is 0 Å². The van der Waals surface area contributed by atoms with E-state index in [1.807, 2.05) is 0 Å². The quantitative estimate of drug-likeness (QED) is 0.432. The van der Waals surface area contributed by atoms with Gasteiger partial charge in [-0.15, -0.1) is 0 Å². The van der Waals surface area contributed by atoms with E-state index in [9.17, 15) is 4.79 Å². The molecule has 0 spiro atoms. The van der Waals surface area contributed by atoms with Crippen LogP contribution in [0, 0.1) is 6.92 Å². The molecule has 3 aromatic heterocycles. The van der Waals surface area contributed by atoms with Crippen LogP contribution < -0.4 is 62.0 Å². The molecule has 0 bridgehead atoms. The largest absolute Gasteiger partial charge is 1.00 e. The van der Waals surface area contributed by atoms with Gasteiger partial charge in [0.2, 0.25) is 0 Å². The van der Waals surface area contributed by atoms with Gasteiger partial charge in [0.05, 0.1) is 8.30 Å². The van der Waals surface area contributed by atoms with Gasteiger partial charge in [-0.2, -0.15) is 5.21 Å². The standard InChI is InChI=1S/C10H7N6O.K/c1-6-3-2-4-16-9(6)11-5-7(10(16)17)8-12-14-15-13-8;/h2-5H,1H3;/q-1;+1/i3D,5D;. The molecule has 0 saturated heterocycles. The fourth-order valence-corrected chi connectivity index (χ4v) is 1.52. The summed E-state index contributed by atoms with van der Waals surface area (Å²) in [6.45, 7) is 1.67. The van der Waals surface area contributed by atoms with E-state index in [1.165, 1.54) is 16.7 Å². The topological polar surface area (TPSA) is 87.1 Å². The van der Waals surface area contributed by atoms with Crippen LogP contribution in [0.2, 0.25) is 0 Å². The summed E-state index contributed by atoms with van der Waals surface area (Å²) < 4.78 is 16.8. The minimum atomic E-state index is -0.479. The minimum absolute atomic E-state index is 0. The molecule has 18 heavy (non-hydrogen) atoms. The molecule has 0 unspecified atom stereocenters. The van der Waals surface area contributed by atoms with E-state index < -0.39 is 5.56 Å². The number of pyridine rings is 1. The summed E-state index contributed by atoms with van der Waals surface area (Å²) in [6, 6.07) is 1.74.